The number of carbonyl (C=O) groups is 2. The van der Waals surface area contributed by atoms with Gasteiger partial charge in [0.15, 0.2) is 5.78 Å². The van der Waals surface area contributed by atoms with Gasteiger partial charge in [-0.05, 0) is 137 Å². The lowest BCUT2D eigenvalue weighted by Gasteiger charge is -2.50. The SMILES string of the molecule is CNCCCCNC(=O)c1cccc(-c2ccc(O)c3c2CC2CC4C(C(OC)=C2C3=O)C(=C2CCC2)C(C)=C(O)C4N(C)C)c1. The summed E-state index contributed by atoms with van der Waals surface area (Å²) in [7, 11) is 7.57. The molecule has 0 radical (unpaired) electrons. The third-order valence-corrected chi connectivity index (χ3v) is 10.6. The average molecular weight is 626 g/mol. The number of benzene rings is 2. The van der Waals surface area contributed by atoms with Crippen molar-refractivity contribution >= 4 is 11.7 Å². The normalized spacial score (nSPS) is 24.0. The van der Waals surface area contributed by atoms with Gasteiger partial charge in [0, 0.05) is 23.6 Å². The van der Waals surface area contributed by atoms with Crippen molar-refractivity contribution in [2.75, 3.05) is 41.3 Å². The van der Waals surface area contributed by atoms with E-state index in [4.69, 9.17) is 4.74 Å². The second kappa shape index (κ2) is 13.1. The van der Waals surface area contributed by atoms with Crippen molar-refractivity contribution in [3.05, 3.63) is 86.9 Å². The van der Waals surface area contributed by atoms with Crippen molar-refractivity contribution in [1.82, 2.24) is 15.5 Å². The number of aliphatic hydroxyl groups excluding tert-OH is 1. The fourth-order valence-electron chi connectivity index (χ4n) is 8.36. The number of aromatic hydroxyl groups is 1. The molecule has 0 heterocycles. The van der Waals surface area contributed by atoms with Gasteiger partial charge in [-0.1, -0.05) is 23.8 Å². The molecule has 4 unspecified atom stereocenters. The van der Waals surface area contributed by atoms with Crippen LogP contribution in [0.5, 0.6) is 5.75 Å². The molecule has 4 aliphatic carbocycles. The smallest absolute Gasteiger partial charge is 0.251 e. The molecule has 1 fully saturated rings. The van der Waals surface area contributed by atoms with Gasteiger partial charge in [-0.15, -0.1) is 0 Å². The number of ketones is 1. The van der Waals surface area contributed by atoms with Crippen molar-refractivity contribution in [2.45, 2.75) is 57.9 Å². The van der Waals surface area contributed by atoms with E-state index in [-0.39, 0.29) is 41.2 Å². The Kier molecular flexibility index (Phi) is 9.12. The lowest BCUT2D eigenvalue weighted by Crippen LogP contribution is -2.50. The molecule has 8 nitrogen and oxygen atoms in total. The number of likely N-dealkylation sites (N-methyl/N-ethyl adjacent to an activating group) is 1. The van der Waals surface area contributed by atoms with E-state index in [2.05, 4.69) is 15.5 Å². The number of carbonyl (C=O) groups excluding carboxylic acids is 2. The van der Waals surface area contributed by atoms with Crippen molar-refractivity contribution in [3.8, 4) is 16.9 Å². The Morgan fingerprint density at radius 3 is 2.50 bits per heavy atom. The van der Waals surface area contributed by atoms with Gasteiger partial charge in [0.2, 0.25) is 0 Å². The van der Waals surface area contributed by atoms with Crippen LogP contribution in [0.25, 0.3) is 11.1 Å². The molecular weight excluding hydrogens is 578 g/mol. The van der Waals surface area contributed by atoms with Crippen LogP contribution >= 0.6 is 0 Å². The molecule has 2 aromatic rings. The third-order valence-electron chi connectivity index (χ3n) is 10.6. The molecule has 6 rings (SSSR count). The first-order valence-corrected chi connectivity index (χ1v) is 16.7. The minimum absolute atomic E-state index is 0.0285. The lowest BCUT2D eigenvalue weighted by atomic mass is 9.58. The molecule has 8 heteroatoms. The first kappa shape index (κ1) is 32.1. The number of allylic oxidation sites excluding steroid dienone is 4. The largest absolute Gasteiger partial charge is 0.510 e. The number of nitrogens with zero attached hydrogens (tertiary/aromatic N) is 1. The Labute approximate surface area is 272 Å². The summed E-state index contributed by atoms with van der Waals surface area (Å²) in [6.07, 6.45) is 6.26. The molecule has 0 bridgehead atoms. The number of amides is 1. The number of hydrogen-bond acceptors (Lipinski definition) is 7. The Hall–Kier alpha value is -3.88. The van der Waals surface area contributed by atoms with Gasteiger partial charge in [0.1, 0.15) is 17.3 Å². The summed E-state index contributed by atoms with van der Waals surface area (Å²) in [6.45, 7) is 3.51. The molecule has 0 spiro atoms. The molecule has 4 aliphatic rings. The van der Waals surface area contributed by atoms with E-state index in [1.165, 1.54) is 5.57 Å². The summed E-state index contributed by atoms with van der Waals surface area (Å²) in [6, 6.07) is 10.7. The first-order valence-electron chi connectivity index (χ1n) is 16.7. The van der Waals surface area contributed by atoms with E-state index in [0.717, 1.165) is 66.5 Å². The summed E-state index contributed by atoms with van der Waals surface area (Å²) in [5.74, 6) is 0.508. The van der Waals surface area contributed by atoms with Crippen molar-refractivity contribution in [2.24, 2.45) is 17.8 Å². The Morgan fingerprint density at radius 2 is 1.83 bits per heavy atom. The maximum Gasteiger partial charge on any atom is 0.251 e. The molecule has 0 saturated heterocycles. The van der Waals surface area contributed by atoms with E-state index in [1.54, 1.807) is 19.2 Å². The Morgan fingerprint density at radius 1 is 1.07 bits per heavy atom. The quantitative estimate of drug-likeness (QED) is 0.256. The van der Waals surface area contributed by atoms with Gasteiger partial charge in [-0.25, -0.2) is 0 Å². The van der Waals surface area contributed by atoms with Gasteiger partial charge in [-0.2, -0.15) is 0 Å². The minimum atomic E-state index is -0.199. The van der Waals surface area contributed by atoms with Crippen LogP contribution in [0.2, 0.25) is 0 Å². The number of phenols is 1. The number of methoxy groups -OCH3 is 1. The highest BCUT2D eigenvalue weighted by Gasteiger charge is 2.52. The van der Waals surface area contributed by atoms with Crippen LogP contribution in [-0.2, 0) is 11.2 Å². The van der Waals surface area contributed by atoms with E-state index in [0.29, 0.717) is 47.6 Å². The van der Waals surface area contributed by atoms with Crippen LogP contribution in [0.4, 0.5) is 0 Å². The highest BCUT2D eigenvalue weighted by Crippen LogP contribution is 2.56. The van der Waals surface area contributed by atoms with E-state index in [9.17, 15) is 19.8 Å². The zero-order valence-electron chi connectivity index (χ0n) is 27.7. The van der Waals surface area contributed by atoms with Crippen LogP contribution in [-0.4, -0.2) is 74.2 Å². The van der Waals surface area contributed by atoms with E-state index in [1.807, 2.05) is 52.3 Å². The zero-order valence-corrected chi connectivity index (χ0v) is 27.7. The number of hydrogen-bond donors (Lipinski definition) is 4. The molecule has 0 aromatic heterocycles. The van der Waals surface area contributed by atoms with E-state index >= 15 is 0 Å². The fourth-order valence-corrected chi connectivity index (χ4v) is 8.36. The summed E-state index contributed by atoms with van der Waals surface area (Å²) in [5, 5.41) is 28.8. The molecular formula is C38H47N3O5. The number of rotatable bonds is 9. The van der Waals surface area contributed by atoms with Crippen LogP contribution in [0, 0.1) is 17.8 Å². The molecule has 1 amide bonds. The minimum Gasteiger partial charge on any atom is -0.510 e. The Balaban J connectivity index is 1.41. The molecule has 244 valence electrons. The van der Waals surface area contributed by atoms with Gasteiger partial charge in [0.25, 0.3) is 5.91 Å². The monoisotopic (exact) mass is 625 g/mol. The van der Waals surface area contributed by atoms with Crippen LogP contribution in [0.1, 0.15) is 71.7 Å². The highest BCUT2D eigenvalue weighted by molar-refractivity contribution is 6.14. The maximum absolute atomic E-state index is 14.5. The molecule has 4 atom stereocenters. The van der Waals surface area contributed by atoms with Gasteiger partial charge in [0.05, 0.1) is 18.7 Å². The van der Waals surface area contributed by atoms with Crippen molar-refractivity contribution in [3.63, 3.8) is 0 Å². The third kappa shape index (κ3) is 5.45. The average Bonchev–Trinajstić information content (AvgIpc) is 3.01. The van der Waals surface area contributed by atoms with Crippen LogP contribution in [0.3, 0.4) is 0 Å². The molecule has 46 heavy (non-hydrogen) atoms. The van der Waals surface area contributed by atoms with Crippen molar-refractivity contribution < 1.29 is 24.5 Å². The zero-order chi connectivity index (χ0) is 32.7. The molecule has 0 aliphatic heterocycles. The predicted octanol–water partition coefficient (Wildman–Crippen LogP) is 5.94. The van der Waals surface area contributed by atoms with E-state index < -0.39 is 0 Å². The first-order chi connectivity index (χ1) is 22.2. The van der Waals surface area contributed by atoms with Gasteiger partial charge >= 0.3 is 0 Å². The summed E-state index contributed by atoms with van der Waals surface area (Å²) < 4.78 is 6.20. The number of nitrogens with one attached hydrogen (secondary N) is 2. The second-order valence-corrected chi connectivity index (χ2v) is 13.5. The molecule has 2 aromatic carbocycles. The molecule has 4 N–H and O–H groups in total. The summed E-state index contributed by atoms with van der Waals surface area (Å²) in [5.41, 5.74) is 7.39. The standard InChI is InChI=1S/C38H47N3O5/c1-21-30(22-10-8-11-22)33-28(34(35(21)43)41(3)4)20-25-19-27-26(14-15-29(42)32(27)36(44)31(25)37(33)46-5)23-12-9-13-24(18-23)38(45)40-17-7-6-16-39-2/h9,12-15,18,25,28,33-34,39,42-43H,6-8,10-11,16-17,19-20H2,1-5H3,(H,40,45). The topological polar surface area (TPSA) is 111 Å². The lowest BCUT2D eigenvalue weighted by molar-refractivity contribution is 0.0785. The fraction of sp³-hybridized carbons (Fsp3) is 0.474. The summed E-state index contributed by atoms with van der Waals surface area (Å²) in [4.78, 5) is 29.6. The predicted molar refractivity (Wildman–Crippen MR) is 180 cm³/mol. The van der Waals surface area contributed by atoms with Crippen LogP contribution in [0.15, 0.2) is 70.2 Å². The summed E-state index contributed by atoms with van der Waals surface area (Å²) >= 11 is 0. The number of ether oxygens (including phenoxy) is 1. The molecule has 1 saturated carbocycles. The number of unbranched alkanes of at least 4 members (excludes halogenated alkanes) is 1. The number of fused-ring (bicyclic) bond motifs is 3. The highest BCUT2D eigenvalue weighted by atomic mass is 16.5. The van der Waals surface area contributed by atoms with Gasteiger partial charge in [-0.3, -0.25) is 14.5 Å². The number of Topliss-reactive ketones (excluding diaryl/α,β-unsaturated/α-hetero) is 1. The number of aliphatic hydroxyl groups is 1. The maximum atomic E-state index is 14.5. The van der Waals surface area contributed by atoms with Crippen LogP contribution < -0.4 is 10.6 Å². The van der Waals surface area contributed by atoms with Crippen molar-refractivity contribution in [1.29, 1.82) is 0 Å². The Bertz CT molecular complexity index is 1650. The van der Waals surface area contributed by atoms with Gasteiger partial charge < -0.3 is 25.6 Å². The number of phenolic OH excluding ortho intramolecular Hbond substituents is 1. The second-order valence-electron chi connectivity index (χ2n) is 13.5.